The fourth-order valence-electron chi connectivity index (χ4n) is 4.73. The largest absolute Gasteiger partial charge is 0.443 e. The zero-order chi connectivity index (χ0) is 23.9. The Morgan fingerprint density at radius 2 is 2.06 bits per heavy atom. The zero-order valence-electron chi connectivity index (χ0n) is 18.7. The van der Waals surface area contributed by atoms with Crippen molar-refractivity contribution in [3.05, 3.63) is 54.2 Å². The van der Waals surface area contributed by atoms with E-state index in [1.807, 2.05) is 36.4 Å². The number of likely N-dealkylation sites (tertiary alicyclic amines) is 1. The number of pyridine rings is 1. The maximum atomic E-state index is 12.5. The van der Waals surface area contributed by atoms with Gasteiger partial charge in [-0.2, -0.15) is 5.26 Å². The summed E-state index contributed by atoms with van der Waals surface area (Å²) in [5.41, 5.74) is 3.89. The Kier molecular flexibility index (Phi) is 5.43. The van der Waals surface area contributed by atoms with Gasteiger partial charge in [0.2, 0.25) is 5.91 Å². The fraction of sp³-hybridized carbons (Fsp3) is 0.280. The summed E-state index contributed by atoms with van der Waals surface area (Å²) >= 11 is 1.49. The molecule has 6 rings (SSSR count). The molecule has 1 unspecified atom stereocenters. The lowest BCUT2D eigenvalue weighted by Gasteiger charge is -2.41. The van der Waals surface area contributed by atoms with Crippen LogP contribution in [-0.2, 0) is 9.53 Å². The number of hydrogen-bond donors (Lipinski definition) is 2. The molecule has 4 heterocycles. The molecule has 0 spiro atoms. The average Bonchev–Trinajstić information content (AvgIpc) is 3.22. The Bertz CT molecular complexity index is 1380. The van der Waals surface area contributed by atoms with Crippen LogP contribution in [0.1, 0.15) is 5.56 Å². The van der Waals surface area contributed by atoms with Crippen LogP contribution in [0.3, 0.4) is 0 Å². The van der Waals surface area contributed by atoms with Crippen molar-refractivity contribution in [3.63, 3.8) is 0 Å². The number of anilines is 3. The minimum Gasteiger partial charge on any atom is -0.443 e. The highest BCUT2D eigenvalue weighted by atomic mass is 32.2. The predicted octanol–water partition coefficient (Wildman–Crippen LogP) is 3.27. The molecule has 2 saturated heterocycles. The summed E-state index contributed by atoms with van der Waals surface area (Å²) in [5.74, 6) is 0.372. The van der Waals surface area contributed by atoms with Gasteiger partial charge in [-0.25, -0.2) is 4.79 Å². The third-order valence-corrected chi connectivity index (χ3v) is 7.50. The minimum absolute atomic E-state index is 0.0345. The average molecular weight is 487 g/mol. The van der Waals surface area contributed by atoms with Gasteiger partial charge < -0.3 is 15.4 Å². The lowest BCUT2D eigenvalue weighted by Crippen LogP contribution is -2.56. The van der Waals surface area contributed by atoms with Crippen LogP contribution in [0.15, 0.2) is 53.6 Å². The minimum atomic E-state index is -0.364. The molecule has 3 aliphatic rings. The molecule has 9 nitrogen and oxygen atoms in total. The van der Waals surface area contributed by atoms with Crippen molar-refractivity contribution in [2.45, 2.75) is 17.0 Å². The Labute approximate surface area is 206 Å². The molecule has 2 fully saturated rings. The van der Waals surface area contributed by atoms with Crippen molar-refractivity contribution in [1.82, 2.24) is 9.88 Å². The number of aromatic nitrogens is 1. The molecule has 0 aliphatic carbocycles. The molecule has 2 N–H and O–H groups in total. The molecule has 2 amide bonds. The lowest BCUT2D eigenvalue weighted by molar-refractivity contribution is -0.113. The number of thioether (sulfide) groups is 1. The van der Waals surface area contributed by atoms with Gasteiger partial charge in [-0.05, 0) is 42.5 Å². The van der Waals surface area contributed by atoms with Crippen molar-refractivity contribution in [1.29, 1.82) is 5.26 Å². The van der Waals surface area contributed by atoms with Gasteiger partial charge in [0.15, 0.2) is 0 Å². The number of fused-ring (bicyclic) bond motifs is 2. The number of amides is 2. The van der Waals surface area contributed by atoms with Crippen LogP contribution in [0.5, 0.6) is 0 Å². The monoisotopic (exact) mass is 486 g/mol. The first-order valence-corrected chi connectivity index (χ1v) is 12.4. The molecule has 0 saturated carbocycles. The molecule has 0 radical (unpaired) electrons. The normalized spacial score (nSPS) is 20.1. The predicted molar refractivity (Wildman–Crippen MR) is 134 cm³/mol. The highest BCUT2D eigenvalue weighted by molar-refractivity contribution is 8.00. The molecule has 3 aliphatic heterocycles. The second-order valence-electron chi connectivity index (χ2n) is 8.90. The molecule has 1 aromatic heterocycles. The summed E-state index contributed by atoms with van der Waals surface area (Å²) in [6, 6.07) is 15.5. The Balaban J connectivity index is 1.06. The number of carbonyl (C=O) groups is 2. The van der Waals surface area contributed by atoms with Gasteiger partial charge in [-0.15, -0.1) is 11.8 Å². The van der Waals surface area contributed by atoms with Crippen molar-refractivity contribution in [2.24, 2.45) is 0 Å². The third-order valence-electron chi connectivity index (χ3n) is 6.43. The standard InChI is InChI=1S/C25H22N6O3S/c26-9-15-1-3-20-19(7-15)21(5-6-27-20)28-16-10-30(11-16)12-18-13-31(25(33)34-18)17-2-4-23-22(8-17)29-24(32)14-35-23/h1-8,16,18H,10-14H2,(H,27,28)(H,29,32). The van der Waals surface area contributed by atoms with Gasteiger partial charge in [0.05, 0.1) is 41.2 Å². The first-order chi connectivity index (χ1) is 17.1. The summed E-state index contributed by atoms with van der Waals surface area (Å²) in [7, 11) is 0. The molecule has 0 bridgehead atoms. The van der Waals surface area contributed by atoms with E-state index in [2.05, 4.69) is 26.6 Å². The van der Waals surface area contributed by atoms with Gasteiger partial charge in [0.25, 0.3) is 0 Å². The van der Waals surface area contributed by atoms with Crippen LogP contribution in [0.4, 0.5) is 21.9 Å². The van der Waals surface area contributed by atoms with Crippen LogP contribution in [0, 0.1) is 11.3 Å². The van der Waals surface area contributed by atoms with Gasteiger partial charge >= 0.3 is 6.09 Å². The summed E-state index contributed by atoms with van der Waals surface area (Å²) in [6.45, 7) is 2.79. The van der Waals surface area contributed by atoms with Crippen LogP contribution >= 0.6 is 11.8 Å². The SMILES string of the molecule is N#Cc1ccc2nccc(NC3CN(CC4CN(c5ccc6c(c5)NC(=O)CS6)C(=O)O4)C3)c2c1. The van der Waals surface area contributed by atoms with E-state index in [1.54, 1.807) is 17.2 Å². The number of benzene rings is 2. The first-order valence-electron chi connectivity index (χ1n) is 11.4. The van der Waals surface area contributed by atoms with Gasteiger partial charge in [0.1, 0.15) is 6.10 Å². The van der Waals surface area contributed by atoms with Crippen molar-refractivity contribution >= 4 is 51.7 Å². The molecule has 3 aromatic rings. The van der Waals surface area contributed by atoms with Crippen LogP contribution in [0.25, 0.3) is 10.9 Å². The number of nitrogens with one attached hydrogen (secondary N) is 2. The van der Waals surface area contributed by atoms with Crippen LogP contribution in [-0.4, -0.2) is 66.0 Å². The fourth-order valence-corrected chi connectivity index (χ4v) is 5.51. The Morgan fingerprint density at radius 1 is 1.17 bits per heavy atom. The number of hydrogen-bond acceptors (Lipinski definition) is 8. The first kappa shape index (κ1) is 21.7. The summed E-state index contributed by atoms with van der Waals surface area (Å²) < 4.78 is 5.63. The van der Waals surface area contributed by atoms with E-state index < -0.39 is 0 Å². The molecular weight excluding hydrogens is 464 g/mol. The maximum Gasteiger partial charge on any atom is 0.414 e. The van der Waals surface area contributed by atoms with Gasteiger partial charge in [0, 0.05) is 47.5 Å². The quantitative estimate of drug-likeness (QED) is 0.565. The number of ether oxygens (including phenoxy) is 1. The summed E-state index contributed by atoms with van der Waals surface area (Å²) in [4.78, 5) is 33.5. The topological polar surface area (TPSA) is 111 Å². The van der Waals surface area contributed by atoms with Crippen LogP contribution in [0.2, 0.25) is 0 Å². The van der Waals surface area contributed by atoms with Gasteiger partial charge in [-0.1, -0.05) is 0 Å². The summed E-state index contributed by atoms with van der Waals surface area (Å²) in [5, 5.41) is 16.6. The van der Waals surface area contributed by atoms with E-state index in [1.165, 1.54) is 11.8 Å². The summed E-state index contributed by atoms with van der Waals surface area (Å²) in [6.07, 6.45) is 1.18. The van der Waals surface area contributed by atoms with Crippen LogP contribution < -0.4 is 15.5 Å². The second-order valence-corrected chi connectivity index (χ2v) is 9.91. The van der Waals surface area contributed by atoms with E-state index in [0.717, 1.165) is 46.0 Å². The lowest BCUT2D eigenvalue weighted by atomic mass is 10.1. The second kappa shape index (κ2) is 8.76. The van der Waals surface area contributed by atoms with Gasteiger partial charge in [-0.3, -0.25) is 19.6 Å². The van der Waals surface area contributed by atoms with E-state index in [0.29, 0.717) is 24.4 Å². The number of carbonyl (C=O) groups excluding carboxylic acids is 2. The number of cyclic esters (lactones) is 1. The molecule has 1 atom stereocenters. The number of nitrogens with zero attached hydrogens (tertiary/aromatic N) is 4. The highest BCUT2D eigenvalue weighted by Crippen LogP contribution is 2.35. The van der Waals surface area contributed by atoms with Crippen molar-refractivity contribution < 1.29 is 14.3 Å². The maximum absolute atomic E-state index is 12.5. The van der Waals surface area contributed by atoms with E-state index in [-0.39, 0.29) is 24.1 Å². The zero-order valence-corrected chi connectivity index (χ0v) is 19.5. The smallest absolute Gasteiger partial charge is 0.414 e. The Hall–Kier alpha value is -3.81. The third kappa shape index (κ3) is 4.24. The molecular formula is C25H22N6O3S. The van der Waals surface area contributed by atoms with E-state index >= 15 is 0 Å². The Morgan fingerprint density at radius 3 is 2.91 bits per heavy atom. The van der Waals surface area contributed by atoms with E-state index in [9.17, 15) is 14.9 Å². The van der Waals surface area contributed by atoms with Crippen molar-refractivity contribution in [2.75, 3.05) is 47.5 Å². The molecule has 2 aromatic carbocycles. The number of rotatable bonds is 5. The highest BCUT2D eigenvalue weighted by Gasteiger charge is 2.37. The number of nitriles is 1. The molecule has 35 heavy (non-hydrogen) atoms. The molecule has 10 heteroatoms. The van der Waals surface area contributed by atoms with E-state index in [4.69, 9.17) is 4.74 Å². The van der Waals surface area contributed by atoms with Crippen molar-refractivity contribution in [3.8, 4) is 6.07 Å². The molecule has 176 valence electrons.